The Hall–Kier alpha value is -4.50. The topological polar surface area (TPSA) is 105 Å². The number of ether oxygens (including phenoxy) is 1. The molecule has 1 aliphatic rings. The van der Waals surface area contributed by atoms with Crippen LogP contribution in [0.15, 0.2) is 72.8 Å². The van der Waals surface area contributed by atoms with Crippen LogP contribution in [0.2, 0.25) is 0 Å². The minimum absolute atomic E-state index is 0.0602. The maximum Gasteiger partial charge on any atom is 0.227 e. The van der Waals surface area contributed by atoms with E-state index in [0.29, 0.717) is 17.3 Å². The first-order valence-electron chi connectivity index (χ1n) is 12.4. The van der Waals surface area contributed by atoms with Crippen LogP contribution in [0, 0.1) is 5.92 Å². The Bertz CT molecular complexity index is 1560. The molecule has 3 N–H and O–H groups in total. The number of amides is 1. The van der Waals surface area contributed by atoms with Gasteiger partial charge in [-0.1, -0.05) is 24.3 Å². The van der Waals surface area contributed by atoms with Crippen molar-refractivity contribution in [3.8, 4) is 17.1 Å². The van der Waals surface area contributed by atoms with Gasteiger partial charge in [-0.3, -0.25) is 4.79 Å². The van der Waals surface area contributed by atoms with Crippen LogP contribution >= 0.6 is 0 Å². The van der Waals surface area contributed by atoms with Crippen molar-refractivity contribution in [2.24, 2.45) is 5.92 Å². The Kier molecular flexibility index (Phi) is 6.11. The van der Waals surface area contributed by atoms with Gasteiger partial charge in [-0.15, -0.1) is 15.3 Å². The molecule has 186 valence electrons. The smallest absolute Gasteiger partial charge is 0.227 e. The van der Waals surface area contributed by atoms with E-state index in [0.717, 1.165) is 59.4 Å². The van der Waals surface area contributed by atoms with E-state index in [1.807, 2.05) is 72.8 Å². The highest BCUT2D eigenvalue weighted by molar-refractivity contribution is 6.01. The molecule has 3 aromatic carbocycles. The number of rotatable bonds is 6. The second-order valence-corrected chi connectivity index (χ2v) is 9.10. The molecule has 1 aliphatic heterocycles. The summed E-state index contributed by atoms with van der Waals surface area (Å²) in [5.74, 6) is 2.24. The second-order valence-electron chi connectivity index (χ2n) is 9.10. The quantitative estimate of drug-likeness (QED) is 0.317. The molecule has 0 saturated carbocycles. The van der Waals surface area contributed by atoms with Crippen molar-refractivity contribution in [2.75, 3.05) is 30.8 Å². The first-order chi connectivity index (χ1) is 18.2. The summed E-state index contributed by atoms with van der Waals surface area (Å²) >= 11 is 0. The molecule has 0 aliphatic carbocycles. The Morgan fingerprint density at radius 3 is 2.35 bits per heavy atom. The Morgan fingerprint density at radius 2 is 1.62 bits per heavy atom. The molecular formula is C28H27N7O2. The fourth-order valence-electron chi connectivity index (χ4n) is 4.70. The normalized spacial score (nSPS) is 14.1. The van der Waals surface area contributed by atoms with Crippen molar-refractivity contribution in [1.82, 2.24) is 25.1 Å². The van der Waals surface area contributed by atoms with Gasteiger partial charge in [-0.2, -0.15) is 4.52 Å². The molecule has 0 atom stereocenters. The minimum Gasteiger partial charge on any atom is -0.497 e. The number of fused-ring (bicyclic) bond motifs is 3. The average Bonchev–Trinajstić information content (AvgIpc) is 3.39. The number of carbonyl (C=O) groups excluding carboxylic acids is 1. The molecule has 6 rings (SSSR count). The number of methoxy groups -OCH3 is 1. The van der Waals surface area contributed by atoms with Crippen LogP contribution in [0.1, 0.15) is 12.8 Å². The zero-order valence-electron chi connectivity index (χ0n) is 20.4. The van der Waals surface area contributed by atoms with Gasteiger partial charge in [0.2, 0.25) is 5.91 Å². The molecule has 5 aromatic rings. The van der Waals surface area contributed by atoms with E-state index in [9.17, 15) is 4.79 Å². The lowest BCUT2D eigenvalue weighted by Gasteiger charge is -2.21. The molecule has 1 saturated heterocycles. The Labute approximate surface area is 213 Å². The van der Waals surface area contributed by atoms with E-state index < -0.39 is 0 Å². The first-order valence-corrected chi connectivity index (χ1v) is 12.4. The third kappa shape index (κ3) is 4.56. The van der Waals surface area contributed by atoms with Gasteiger partial charge >= 0.3 is 0 Å². The standard InChI is InChI=1S/C28H27N7O2/c1-37-22-12-6-18(7-13-22)26-32-33-27-24-5-3-2-4-23(24)25(34-35(26)27)30-20-8-10-21(11-9-20)31-28(36)19-14-16-29-17-15-19/h2-13,19,29H,14-17H2,1H3,(H,30,34)(H,31,36). The fraction of sp³-hybridized carbons (Fsp3) is 0.214. The SMILES string of the molecule is COc1ccc(-c2nnc3c4ccccc4c(Nc4ccc(NC(=O)C5CCNCC5)cc4)nn23)cc1. The third-order valence-electron chi connectivity index (χ3n) is 6.74. The molecule has 1 amide bonds. The minimum atomic E-state index is 0.0602. The fourth-order valence-corrected chi connectivity index (χ4v) is 4.70. The average molecular weight is 494 g/mol. The highest BCUT2D eigenvalue weighted by Gasteiger charge is 2.21. The number of carbonyl (C=O) groups is 1. The van der Waals surface area contributed by atoms with Crippen LogP contribution in [0.4, 0.5) is 17.2 Å². The summed E-state index contributed by atoms with van der Waals surface area (Å²) in [6.07, 6.45) is 1.74. The summed E-state index contributed by atoms with van der Waals surface area (Å²) in [6, 6.07) is 23.3. The summed E-state index contributed by atoms with van der Waals surface area (Å²) in [7, 11) is 1.64. The summed E-state index contributed by atoms with van der Waals surface area (Å²) < 4.78 is 7.05. The highest BCUT2D eigenvalue weighted by atomic mass is 16.5. The van der Waals surface area contributed by atoms with Crippen LogP contribution in [-0.4, -0.2) is 45.9 Å². The van der Waals surface area contributed by atoms with Crippen LogP contribution in [0.5, 0.6) is 5.75 Å². The number of hydrogen-bond donors (Lipinski definition) is 3. The predicted octanol–water partition coefficient (Wildman–Crippen LogP) is 4.63. The van der Waals surface area contributed by atoms with Gasteiger partial charge in [0.15, 0.2) is 17.3 Å². The van der Waals surface area contributed by atoms with Crippen molar-refractivity contribution >= 4 is 39.5 Å². The largest absolute Gasteiger partial charge is 0.497 e. The van der Waals surface area contributed by atoms with Crippen molar-refractivity contribution in [3.05, 3.63) is 72.8 Å². The molecule has 37 heavy (non-hydrogen) atoms. The zero-order valence-corrected chi connectivity index (χ0v) is 20.4. The molecule has 9 heteroatoms. The number of piperidine rings is 1. The van der Waals surface area contributed by atoms with Crippen molar-refractivity contribution in [3.63, 3.8) is 0 Å². The van der Waals surface area contributed by atoms with Crippen molar-refractivity contribution < 1.29 is 9.53 Å². The molecule has 0 unspecified atom stereocenters. The van der Waals surface area contributed by atoms with E-state index in [2.05, 4.69) is 26.1 Å². The molecular weight excluding hydrogens is 466 g/mol. The molecule has 0 spiro atoms. The molecule has 0 bridgehead atoms. The summed E-state index contributed by atoms with van der Waals surface area (Å²) in [4.78, 5) is 12.6. The van der Waals surface area contributed by atoms with Gasteiger partial charge in [0.25, 0.3) is 0 Å². The summed E-state index contributed by atoms with van der Waals surface area (Å²) in [5.41, 5.74) is 3.21. The molecule has 3 heterocycles. The Morgan fingerprint density at radius 1 is 0.919 bits per heavy atom. The maximum absolute atomic E-state index is 12.6. The lowest BCUT2D eigenvalue weighted by Crippen LogP contribution is -2.34. The number of aromatic nitrogens is 4. The van der Waals surface area contributed by atoms with Gasteiger partial charge in [0, 0.05) is 33.6 Å². The van der Waals surface area contributed by atoms with Crippen LogP contribution < -0.4 is 20.7 Å². The monoisotopic (exact) mass is 493 g/mol. The van der Waals surface area contributed by atoms with E-state index in [-0.39, 0.29) is 11.8 Å². The number of nitrogens with one attached hydrogen (secondary N) is 3. The predicted molar refractivity (Wildman–Crippen MR) is 144 cm³/mol. The van der Waals surface area contributed by atoms with E-state index in [1.165, 1.54) is 0 Å². The van der Waals surface area contributed by atoms with Gasteiger partial charge in [0.05, 0.1) is 7.11 Å². The van der Waals surface area contributed by atoms with Crippen molar-refractivity contribution in [2.45, 2.75) is 12.8 Å². The Balaban J connectivity index is 1.30. The lowest BCUT2D eigenvalue weighted by molar-refractivity contribution is -0.120. The molecule has 1 fully saturated rings. The van der Waals surface area contributed by atoms with Crippen LogP contribution in [0.25, 0.3) is 27.8 Å². The molecule has 0 radical (unpaired) electrons. The summed E-state index contributed by atoms with van der Waals surface area (Å²) in [5, 5.41) is 25.4. The lowest BCUT2D eigenvalue weighted by atomic mass is 9.97. The molecule has 2 aromatic heterocycles. The third-order valence-corrected chi connectivity index (χ3v) is 6.74. The van der Waals surface area contributed by atoms with Gasteiger partial charge in [0.1, 0.15) is 5.75 Å². The van der Waals surface area contributed by atoms with Crippen molar-refractivity contribution in [1.29, 1.82) is 0 Å². The number of nitrogens with zero attached hydrogens (tertiary/aromatic N) is 4. The van der Waals surface area contributed by atoms with E-state index in [1.54, 1.807) is 11.6 Å². The number of benzene rings is 3. The van der Waals surface area contributed by atoms with Crippen LogP contribution in [0.3, 0.4) is 0 Å². The first kappa shape index (κ1) is 22.9. The number of anilines is 3. The van der Waals surface area contributed by atoms with E-state index >= 15 is 0 Å². The van der Waals surface area contributed by atoms with Gasteiger partial charge in [-0.05, 0) is 74.5 Å². The number of hydrogen-bond acceptors (Lipinski definition) is 7. The van der Waals surface area contributed by atoms with Gasteiger partial charge < -0.3 is 20.7 Å². The molecule has 9 nitrogen and oxygen atoms in total. The summed E-state index contributed by atoms with van der Waals surface area (Å²) in [6.45, 7) is 1.78. The van der Waals surface area contributed by atoms with Crippen LogP contribution in [-0.2, 0) is 4.79 Å². The highest BCUT2D eigenvalue weighted by Crippen LogP contribution is 2.30. The zero-order chi connectivity index (χ0) is 25.2. The second kappa shape index (κ2) is 9.87. The van der Waals surface area contributed by atoms with E-state index in [4.69, 9.17) is 9.84 Å². The maximum atomic E-state index is 12.6. The van der Waals surface area contributed by atoms with Gasteiger partial charge in [-0.25, -0.2) is 0 Å².